The number of benzene rings is 1. The van der Waals surface area contributed by atoms with Crippen molar-refractivity contribution >= 4 is 29.2 Å². The molecule has 0 amide bonds. The first-order valence-corrected chi connectivity index (χ1v) is 7.76. The van der Waals surface area contributed by atoms with E-state index in [2.05, 4.69) is 61.3 Å². The van der Waals surface area contributed by atoms with Crippen LogP contribution in [0.2, 0.25) is 0 Å². The number of thiocarbonyl (C=S) groups is 1. The van der Waals surface area contributed by atoms with Gasteiger partial charge in [-0.05, 0) is 68.6 Å². The standard InChI is InChI=1S/C16H24N4S/c1-5-20-14-7-6-12(10-18-19-15(17)21)8-13(14)11(2)9-16(20,3)4/h6-8,10-11H,5,9H2,1-4H3,(H3,17,19,21)/b18-10-/t11-/m0/s1. The van der Waals surface area contributed by atoms with Crippen molar-refractivity contribution < 1.29 is 0 Å². The Hall–Kier alpha value is -1.62. The lowest BCUT2D eigenvalue weighted by Gasteiger charge is -2.47. The molecule has 1 aliphatic rings. The Morgan fingerprint density at radius 2 is 2.29 bits per heavy atom. The van der Waals surface area contributed by atoms with Crippen molar-refractivity contribution in [3.05, 3.63) is 29.3 Å². The summed E-state index contributed by atoms with van der Waals surface area (Å²) < 4.78 is 0. The predicted octanol–water partition coefficient (Wildman–Crippen LogP) is 2.97. The number of rotatable bonds is 3. The van der Waals surface area contributed by atoms with Crippen molar-refractivity contribution in [2.24, 2.45) is 10.8 Å². The molecule has 1 aliphatic heterocycles. The van der Waals surface area contributed by atoms with E-state index in [4.69, 9.17) is 18.0 Å². The Morgan fingerprint density at radius 3 is 2.90 bits per heavy atom. The molecule has 1 aromatic carbocycles. The van der Waals surface area contributed by atoms with E-state index >= 15 is 0 Å². The second kappa shape index (κ2) is 6.02. The van der Waals surface area contributed by atoms with Crippen molar-refractivity contribution in [2.45, 2.75) is 45.6 Å². The minimum Gasteiger partial charge on any atom is -0.375 e. The Balaban J connectivity index is 2.33. The average Bonchev–Trinajstić information content (AvgIpc) is 2.38. The molecule has 0 bridgehead atoms. The Morgan fingerprint density at radius 1 is 1.57 bits per heavy atom. The van der Waals surface area contributed by atoms with Gasteiger partial charge in [0, 0.05) is 17.8 Å². The minimum absolute atomic E-state index is 0.177. The van der Waals surface area contributed by atoms with Gasteiger partial charge in [0.05, 0.1) is 6.21 Å². The fraction of sp³-hybridized carbons (Fsp3) is 0.500. The van der Waals surface area contributed by atoms with Crippen LogP contribution in [0.25, 0.3) is 0 Å². The van der Waals surface area contributed by atoms with Gasteiger partial charge >= 0.3 is 0 Å². The summed E-state index contributed by atoms with van der Waals surface area (Å²) in [5, 5.41) is 4.21. The van der Waals surface area contributed by atoms with E-state index in [-0.39, 0.29) is 10.7 Å². The molecule has 0 fully saturated rings. The van der Waals surface area contributed by atoms with Crippen LogP contribution in [0.4, 0.5) is 5.69 Å². The Bertz CT molecular complexity index is 565. The number of anilines is 1. The zero-order valence-electron chi connectivity index (χ0n) is 13.2. The van der Waals surface area contributed by atoms with Crippen LogP contribution in [0.3, 0.4) is 0 Å². The molecule has 2 rings (SSSR count). The summed E-state index contributed by atoms with van der Waals surface area (Å²) in [6.07, 6.45) is 2.90. The summed E-state index contributed by atoms with van der Waals surface area (Å²) in [7, 11) is 0. The highest BCUT2D eigenvalue weighted by atomic mass is 32.1. The summed E-state index contributed by atoms with van der Waals surface area (Å²) in [6.45, 7) is 10.2. The van der Waals surface area contributed by atoms with Gasteiger partial charge in [-0.15, -0.1) is 0 Å². The molecule has 0 spiro atoms. The molecule has 5 heteroatoms. The van der Waals surface area contributed by atoms with Crippen molar-refractivity contribution in [1.29, 1.82) is 0 Å². The number of hydrogen-bond donors (Lipinski definition) is 2. The van der Waals surface area contributed by atoms with Crippen LogP contribution in [0.15, 0.2) is 23.3 Å². The molecule has 3 N–H and O–H groups in total. The first-order valence-electron chi connectivity index (χ1n) is 7.35. The highest BCUT2D eigenvalue weighted by Gasteiger charge is 2.35. The van der Waals surface area contributed by atoms with E-state index in [9.17, 15) is 0 Å². The van der Waals surface area contributed by atoms with Crippen molar-refractivity contribution in [2.75, 3.05) is 11.4 Å². The molecule has 0 radical (unpaired) electrons. The van der Waals surface area contributed by atoms with Crippen LogP contribution in [-0.2, 0) is 0 Å². The van der Waals surface area contributed by atoms with E-state index in [0.29, 0.717) is 5.92 Å². The van der Waals surface area contributed by atoms with Crippen LogP contribution in [0.5, 0.6) is 0 Å². The highest BCUT2D eigenvalue weighted by molar-refractivity contribution is 7.80. The first kappa shape index (κ1) is 15.8. The van der Waals surface area contributed by atoms with Crippen LogP contribution >= 0.6 is 12.2 Å². The Labute approximate surface area is 132 Å². The smallest absolute Gasteiger partial charge is 0.184 e. The summed E-state index contributed by atoms with van der Waals surface area (Å²) >= 11 is 4.73. The number of fused-ring (bicyclic) bond motifs is 1. The zero-order valence-corrected chi connectivity index (χ0v) is 14.0. The van der Waals surface area contributed by atoms with Gasteiger partial charge in [0.1, 0.15) is 0 Å². The third-order valence-electron chi connectivity index (χ3n) is 4.11. The number of nitrogens with zero attached hydrogens (tertiary/aromatic N) is 2. The lowest BCUT2D eigenvalue weighted by molar-refractivity contribution is 0.381. The van der Waals surface area contributed by atoms with Gasteiger partial charge in [-0.2, -0.15) is 5.10 Å². The number of hydrogen-bond acceptors (Lipinski definition) is 3. The molecular formula is C16H24N4S. The first-order chi connectivity index (χ1) is 9.85. The second-order valence-corrected chi connectivity index (χ2v) is 6.65. The second-order valence-electron chi connectivity index (χ2n) is 6.21. The third kappa shape index (κ3) is 3.35. The van der Waals surface area contributed by atoms with Gasteiger partial charge < -0.3 is 10.6 Å². The van der Waals surface area contributed by atoms with E-state index < -0.39 is 0 Å². The van der Waals surface area contributed by atoms with Gasteiger partial charge in [0.15, 0.2) is 5.11 Å². The number of nitrogens with one attached hydrogen (secondary N) is 1. The average molecular weight is 304 g/mol. The van der Waals surface area contributed by atoms with E-state index in [1.807, 2.05) is 0 Å². The van der Waals surface area contributed by atoms with E-state index in [1.54, 1.807) is 6.21 Å². The van der Waals surface area contributed by atoms with Crippen molar-refractivity contribution in [3.8, 4) is 0 Å². The lowest BCUT2D eigenvalue weighted by Crippen LogP contribution is -2.48. The number of nitrogens with two attached hydrogens (primary N) is 1. The molecule has 0 unspecified atom stereocenters. The molecule has 0 aromatic heterocycles. The quantitative estimate of drug-likeness (QED) is 0.512. The molecule has 21 heavy (non-hydrogen) atoms. The van der Waals surface area contributed by atoms with Crippen LogP contribution in [-0.4, -0.2) is 23.4 Å². The topological polar surface area (TPSA) is 53.6 Å². The maximum Gasteiger partial charge on any atom is 0.184 e. The van der Waals surface area contributed by atoms with E-state index in [1.165, 1.54) is 11.3 Å². The fourth-order valence-electron chi connectivity index (χ4n) is 3.36. The Kier molecular flexibility index (Phi) is 4.52. The molecule has 1 aromatic rings. The molecule has 0 saturated heterocycles. The minimum atomic E-state index is 0.177. The molecular weight excluding hydrogens is 280 g/mol. The van der Waals surface area contributed by atoms with Gasteiger partial charge in [-0.1, -0.05) is 13.0 Å². The summed E-state index contributed by atoms with van der Waals surface area (Å²) in [4.78, 5) is 2.48. The van der Waals surface area contributed by atoms with Gasteiger partial charge in [-0.3, -0.25) is 5.43 Å². The predicted molar refractivity (Wildman–Crippen MR) is 94.1 cm³/mol. The number of hydrazone groups is 1. The van der Waals surface area contributed by atoms with Crippen LogP contribution < -0.4 is 16.1 Å². The van der Waals surface area contributed by atoms with Gasteiger partial charge in [0.25, 0.3) is 0 Å². The molecule has 1 atom stereocenters. The van der Waals surface area contributed by atoms with Crippen molar-refractivity contribution in [3.63, 3.8) is 0 Å². The fourth-order valence-corrected chi connectivity index (χ4v) is 3.41. The summed E-state index contributed by atoms with van der Waals surface area (Å²) in [5.74, 6) is 0.537. The van der Waals surface area contributed by atoms with E-state index in [0.717, 1.165) is 18.5 Å². The highest BCUT2D eigenvalue weighted by Crippen LogP contribution is 2.43. The van der Waals surface area contributed by atoms with Crippen molar-refractivity contribution in [1.82, 2.24) is 5.43 Å². The third-order valence-corrected chi connectivity index (χ3v) is 4.21. The van der Waals surface area contributed by atoms with Gasteiger partial charge in [-0.25, -0.2) is 0 Å². The molecule has 0 aliphatic carbocycles. The zero-order chi connectivity index (χ0) is 15.6. The summed E-state index contributed by atoms with van der Waals surface area (Å²) in [5.41, 5.74) is 11.9. The molecule has 1 heterocycles. The summed E-state index contributed by atoms with van der Waals surface area (Å²) in [6, 6.07) is 6.49. The molecule has 0 saturated carbocycles. The molecule has 114 valence electrons. The largest absolute Gasteiger partial charge is 0.375 e. The molecule has 4 nitrogen and oxygen atoms in total. The maximum absolute atomic E-state index is 5.36. The maximum atomic E-state index is 5.36. The normalized spacial score (nSPS) is 20.4. The monoisotopic (exact) mass is 304 g/mol. The SMILES string of the molecule is CCN1c2ccc(/C=N\NC(N)=S)cc2[C@@H](C)CC1(C)C. The van der Waals surface area contributed by atoms with Gasteiger partial charge in [0.2, 0.25) is 0 Å². The van der Waals surface area contributed by atoms with Crippen LogP contribution in [0.1, 0.15) is 51.2 Å². The van der Waals surface area contributed by atoms with Crippen LogP contribution in [0, 0.1) is 0 Å². The lowest BCUT2D eigenvalue weighted by atomic mass is 9.79.